The quantitative estimate of drug-likeness (QED) is 0.486. The van der Waals surface area contributed by atoms with Gasteiger partial charge in [0.05, 0.1) is 28.9 Å². The fourth-order valence-corrected chi connectivity index (χ4v) is 3.73. The molecule has 158 valence electrons. The third-order valence-corrected chi connectivity index (χ3v) is 5.30. The molecule has 2 aromatic heterocycles. The first-order chi connectivity index (χ1) is 15.1. The number of pyridine rings is 1. The van der Waals surface area contributed by atoms with Crippen molar-refractivity contribution < 1.29 is 9.53 Å². The lowest BCUT2D eigenvalue weighted by Crippen LogP contribution is -2.24. The SMILES string of the molecule is CCOCc1ccccc1CNC(=O)c1cc(-c2ccccc2)nc2c1c(C)nn2C. The highest BCUT2D eigenvalue weighted by Gasteiger charge is 2.19. The Morgan fingerprint density at radius 3 is 2.52 bits per heavy atom. The van der Waals surface area contributed by atoms with Gasteiger partial charge in [0.25, 0.3) is 5.91 Å². The number of aryl methyl sites for hydroxylation is 2. The van der Waals surface area contributed by atoms with Crippen LogP contribution in [0.2, 0.25) is 0 Å². The van der Waals surface area contributed by atoms with Crippen LogP contribution in [0.25, 0.3) is 22.3 Å². The molecule has 0 radical (unpaired) electrons. The molecule has 0 aliphatic heterocycles. The highest BCUT2D eigenvalue weighted by molar-refractivity contribution is 6.07. The molecular weight excluding hydrogens is 388 g/mol. The van der Waals surface area contributed by atoms with E-state index >= 15 is 0 Å². The Kier molecular flexibility index (Phi) is 6.09. The maximum absolute atomic E-state index is 13.3. The van der Waals surface area contributed by atoms with E-state index in [9.17, 15) is 4.79 Å². The molecule has 0 fully saturated rings. The van der Waals surface area contributed by atoms with E-state index in [1.807, 2.05) is 81.6 Å². The van der Waals surface area contributed by atoms with Crippen molar-refractivity contribution in [2.45, 2.75) is 27.0 Å². The third kappa shape index (κ3) is 4.34. The van der Waals surface area contributed by atoms with Crippen LogP contribution in [0.15, 0.2) is 60.7 Å². The fraction of sp³-hybridized carbons (Fsp3) is 0.240. The molecule has 0 saturated carbocycles. The molecule has 6 nitrogen and oxygen atoms in total. The summed E-state index contributed by atoms with van der Waals surface area (Å²) < 4.78 is 7.29. The first-order valence-corrected chi connectivity index (χ1v) is 10.4. The average molecular weight is 415 g/mol. The van der Waals surface area contributed by atoms with Crippen LogP contribution >= 0.6 is 0 Å². The largest absolute Gasteiger partial charge is 0.377 e. The molecule has 0 unspecified atom stereocenters. The Hall–Kier alpha value is -3.51. The molecule has 0 spiro atoms. The Bertz CT molecular complexity index is 1220. The predicted octanol–water partition coefficient (Wildman–Crippen LogP) is 4.41. The zero-order chi connectivity index (χ0) is 21.8. The molecule has 0 aliphatic rings. The molecule has 1 N–H and O–H groups in total. The van der Waals surface area contributed by atoms with E-state index in [1.54, 1.807) is 4.68 Å². The van der Waals surface area contributed by atoms with Crippen molar-refractivity contribution in [3.8, 4) is 11.3 Å². The van der Waals surface area contributed by atoms with E-state index in [0.717, 1.165) is 33.5 Å². The summed E-state index contributed by atoms with van der Waals surface area (Å²) in [4.78, 5) is 18.1. The van der Waals surface area contributed by atoms with Gasteiger partial charge in [-0.15, -0.1) is 0 Å². The van der Waals surface area contributed by atoms with Gasteiger partial charge in [0.1, 0.15) is 0 Å². The van der Waals surface area contributed by atoms with Gasteiger partial charge in [-0.3, -0.25) is 9.48 Å². The minimum absolute atomic E-state index is 0.146. The molecule has 0 saturated heterocycles. The highest BCUT2D eigenvalue weighted by atomic mass is 16.5. The number of carbonyl (C=O) groups excluding carboxylic acids is 1. The number of fused-ring (bicyclic) bond motifs is 1. The smallest absolute Gasteiger partial charge is 0.252 e. The Balaban J connectivity index is 1.68. The maximum atomic E-state index is 13.3. The highest BCUT2D eigenvalue weighted by Crippen LogP contribution is 2.27. The van der Waals surface area contributed by atoms with Gasteiger partial charge < -0.3 is 10.1 Å². The number of nitrogens with one attached hydrogen (secondary N) is 1. The molecule has 0 bridgehead atoms. The number of hydrogen-bond acceptors (Lipinski definition) is 4. The molecule has 4 rings (SSSR count). The number of hydrogen-bond donors (Lipinski definition) is 1. The van der Waals surface area contributed by atoms with E-state index in [0.29, 0.717) is 31.0 Å². The summed E-state index contributed by atoms with van der Waals surface area (Å²) in [6.45, 7) is 5.48. The number of aromatic nitrogens is 3. The van der Waals surface area contributed by atoms with Crippen LogP contribution in [-0.4, -0.2) is 27.3 Å². The van der Waals surface area contributed by atoms with Crippen LogP contribution in [-0.2, 0) is 24.9 Å². The van der Waals surface area contributed by atoms with Crippen molar-refractivity contribution in [3.05, 3.63) is 83.0 Å². The summed E-state index contributed by atoms with van der Waals surface area (Å²) in [6.07, 6.45) is 0. The van der Waals surface area contributed by atoms with Crippen LogP contribution in [0, 0.1) is 6.92 Å². The molecule has 4 aromatic rings. The second kappa shape index (κ2) is 9.10. The van der Waals surface area contributed by atoms with Gasteiger partial charge in [-0.05, 0) is 31.0 Å². The topological polar surface area (TPSA) is 69.0 Å². The van der Waals surface area contributed by atoms with Crippen LogP contribution < -0.4 is 5.32 Å². The Morgan fingerprint density at radius 2 is 1.77 bits per heavy atom. The van der Waals surface area contributed by atoms with Gasteiger partial charge in [-0.2, -0.15) is 5.10 Å². The molecule has 0 atom stereocenters. The van der Waals surface area contributed by atoms with Crippen molar-refractivity contribution in [2.24, 2.45) is 7.05 Å². The Morgan fingerprint density at radius 1 is 1.06 bits per heavy atom. The van der Waals surface area contributed by atoms with Crippen molar-refractivity contribution in [1.29, 1.82) is 0 Å². The molecular formula is C25H26N4O2. The number of amides is 1. The lowest BCUT2D eigenvalue weighted by atomic mass is 10.0. The minimum atomic E-state index is -0.146. The van der Waals surface area contributed by atoms with Crippen molar-refractivity contribution >= 4 is 16.9 Å². The van der Waals surface area contributed by atoms with Gasteiger partial charge in [0, 0.05) is 25.8 Å². The van der Waals surface area contributed by atoms with Crippen LogP contribution in [0.5, 0.6) is 0 Å². The van der Waals surface area contributed by atoms with Crippen molar-refractivity contribution in [1.82, 2.24) is 20.1 Å². The summed E-state index contributed by atoms with van der Waals surface area (Å²) in [5.74, 6) is -0.146. The standard InChI is InChI=1S/C25H26N4O2/c1-4-31-16-20-13-9-8-12-19(20)15-26-25(30)21-14-22(18-10-6-5-7-11-18)27-24-23(21)17(2)28-29(24)3/h5-14H,4,15-16H2,1-3H3,(H,26,30). The van der Waals surface area contributed by atoms with Gasteiger partial charge >= 0.3 is 0 Å². The predicted molar refractivity (Wildman–Crippen MR) is 122 cm³/mol. The molecule has 2 aromatic carbocycles. The molecule has 1 amide bonds. The number of benzene rings is 2. The molecule has 31 heavy (non-hydrogen) atoms. The maximum Gasteiger partial charge on any atom is 0.252 e. The van der Waals surface area contributed by atoms with Gasteiger partial charge in [-0.1, -0.05) is 54.6 Å². The summed E-state index contributed by atoms with van der Waals surface area (Å²) in [6, 6.07) is 19.7. The normalized spacial score (nSPS) is 11.1. The van der Waals surface area contributed by atoms with Crippen molar-refractivity contribution in [2.75, 3.05) is 6.61 Å². The third-order valence-electron chi connectivity index (χ3n) is 5.30. The first kappa shape index (κ1) is 20.8. The van der Waals surface area contributed by atoms with Gasteiger partial charge in [-0.25, -0.2) is 4.98 Å². The number of nitrogens with zero attached hydrogens (tertiary/aromatic N) is 3. The second-order valence-corrected chi connectivity index (χ2v) is 7.42. The monoisotopic (exact) mass is 414 g/mol. The number of ether oxygens (including phenoxy) is 1. The summed E-state index contributed by atoms with van der Waals surface area (Å²) in [5.41, 5.74) is 5.88. The van der Waals surface area contributed by atoms with E-state index < -0.39 is 0 Å². The van der Waals surface area contributed by atoms with E-state index in [2.05, 4.69) is 10.4 Å². The van der Waals surface area contributed by atoms with E-state index in [4.69, 9.17) is 9.72 Å². The van der Waals surface area contributed by atoms with E-state index in [-0.39, 0.29) is 5.91 Å². The molecule has 2 heterocycles. The summed E-state index contributed by atoms with van der Waals surface area (Å²) in [7, 11) is 1.85. The number of carbonyl (C=O) groups is 1. The summed E-state index contributed by atoms with van der Waals surface area (Å²) >= 11 is 0. The Labute approximate surface area is 181 Å². The van der Waals surface area contributed by atoms with Crippen LogP contribution in [0.1, 0.15) is 34.1 Å². The lowest BCUT2D eigenvalue weighted by Gasteiger charge is -2.12. The average Bonchev–Trinajstić information content (AvgIpc) is 3.10. The summed E-state index contributed by atoms with van der Waals surface area (Å²) in [5, 5.41) is 8.35. The van der Waals surface area contributed by atoms with Crippen molar-refractivity contribution in [3.63, 3.8) is 0 Å². The van der Waals surface area contributed by atoms with Gasteiger partial charge in [0.2, 0.25) is 0 Å². The zero-order valence-corrected chi connectivity index (χ0v) is 18.1. The van der Waals surface area contributed by atoms with Crippen LogP contribution in [0.3, 0.4) is 0 Å². The zero-order valence-electron chi connectivity index (χ0n) is 18.1. The van der Waals surface area contributed by atoms with E-state index in [1.165, 1.54) is 0 Å². The van der Waals surface area contributed by atoms with Gasteiger partial charge in [0.15, 0.2) is 5.65 Å². The molecule has 6 heteroatoms. The van der Waals surface area contributed by atoms with Crippen LogP contribution in [0.4, 0.5) is 0 Å². The lowest BCUT2D eigenvalue weighted by molar-refractivity contribution is 0.0951. The molecule has 0 aliphatic carbocycles. The minimum Gasteiger partial charge on any atom is -0.377 e. The first-order valence-electron chi connectivity index (χ1n) is 10.4. The fourth-order valence-electron chi connectivity index (χ4n) is 3.73. The second-order valence-electron chi connectivity index (χ2n) is 7.42. The number of rotatable bonds is 7.